The fourth-order valence-corrected chi connectivity index (χ4v) is 5.25. The minimum atomic E-state index is -0.126. The van der Waals surface area contributed by atoms with E-state index in [1.807, 2.05) is 6.92 Å². The molecule has 0 amide bonds. The largest absolute Gasteiger partial charge is 1.00 e. The van der Waals surface area contributed by atoms with Gasteiger partial charge in [-0.15, -0.1) is 0 Å². The van der Waals surface area contributed by atoms with Crippen molar-refractivity contribution < 1.29 is 31.1 Å². The average Bonchev–Trinajstić information content (AvgIpc) is 3.18. The summed E-state index contributed by atoms with van der Waals surface area (Å²) < 4.78 is 7.40. The highest BCUT2D eigenvalue weighted by molar-refractivity contribution is 8.03. The molecule has 1 aliphatic heterocycles. The van der Waals surface area contributed by atoms with Crippen molar-refractivity contribution in [2.24, 2.45) is 0 Å². The molecular formula is C28H31BrN2O2S. The molecule has 0 saturated carbocycles. The van der Waals surface area contributed by atoms with E-state index in [0.717, 1.165) is 25.9 Å². The molecule has 0 fully saturated rings. The summed E-state index contributed by atoms with van der Waals surface area (Å²) in [5.41, 5.74) is 3.68. The number of aromatic nitrogens is 1. The summed E-state index contributed by atoms with van der Waals surface area (Å²) in [5.74, 6) is -0.126. The van der Waals surface area contributed by atoms with E-state index < -0.39 is 0 Å². The zero-order chi connectivity index (χ0) is 23.0. The summed E-state index contributed by atoms with van der Waals surface area (Å²) in [6.45, 7) is 6.29. The molecule has 0 aliphatic carbocycles. The van der Waals surface area contributed by atoms with Crippen molar-refractivity contribution >= 4 is 40.4 Å². The molecule has 1 aliphatic rings. The lowest BCUT2D eigenvalue weighted by Gasteiger charge is -2.20. The third-order valence-corrected chi connectivity index (χ3v) is 6.77. The normalized spacial score (nSPS) is 13.9. The van der Waals surface area contributed by atoms with Crippen LogP contribution in [0.2, 0.25) is 0 Å². The van der Waals surface area contributed by atoms with Crippen LogP contribution >= 0.6 is 11.8 Å². The minimum absolute atomic E-state index is 0. The monoisotopic (exact) mass is 538 g/mol. The van der Waals surface area contributed by atoms with E-state index in [1.165, 1.54) is 32.1 Å². The number of hydrogen-bond acceptors (Lipinski definition) is 4. The number of aryl methyl sites for hydroxylation is 1. The molecule has 0 saturated heterocycles. The molecule has 3 aromatic rings. The summed E-state index contributed by atoms with van der Waals surface area (Å²) in [5, 5.41) is 2.44. The quantitative estimate of drug-likeness (QED) is 0.309. The molecular weight excluding hydrogens is 508 g/mol. The highest BCUT2D eigenvalue weighted by atomic mass is 79.9. The number of benzene rings is 2. The number of esters is 1. The number of hydrogen-bond donors (Lipinski definition) is 0. The SMILES string of the molecule is CCC[n+]1ccc(C=CC=C2Sc3ccccc3N2CCCC(=O)OCC)c2ccccc21.[Br-]. The molecule has 2 heterocycles. The predicted octanol–water partition coefficient (Wildman–Crippen LogP) is 3.35. The van der Waals surface area contributed by atoms with Gasteiger partial charge in [0.05, 0.1) is 22.7 Å². The van der Waals surface area contributed by atoms with Crippen LogP contribution in [0.25, 0.3) is 17.0 Å². The summed E-state index contributed by atoms with van der Waals surface area (Å²) in [7, 11) is 0. The van der Waals surface area contributed by atoms with Gasteiger partial charge in [0.2, 0.25) is 5.52 Å². The first-order valence-corrected chi connectivity index (χ1v) is 12.5. The van der Waals surface area contributed by atoms with E-state index in [9.17, 15) is 4.79 Å². The topological polar surface area (TPSA) is 33.4 Å². The fraction of sp³-hybridized carbons (Fsp3) is 0.286. The second kappa shape index (κ2) is 12.8. The Morgan fingerprint density at radius 1 is 1.09 bits per heavy atom. The maximum atomic E-state index is 11.8. The predicted molar refractivity (Wildman–Crippen MR) is 137 cm³/mol. The van der Waals surface area contributed by atoms with E-state index in [4.69, 9.17) is 4.74 Å². The highest BCUT2D eigenvalue weighted by Crippen LogP contribution is 2.45. The van der Waals surface area contributed by atoms with Gasteiger partial charge in [-0.3, -0.25) is 4.79 Å². The van der Waals surface area contributed by atoms with E-state index in [1.54, 1.807) is 11.8 Å². The van der Waals surface area contributed by atoms with Crippen molar-refractivity contribution in [3.05, 3.63) is 83.5 Å². The van der Waals surface area contributed by atoms with Gasteiger partial charge >= 0.3 is 5.97 Å². The fourth-order valence-electron chi connectivity index (χ4n) is 4.15. The van der Waals surface area contributed by atoms with E-state index in [-0.39, 0.29) is 23.0 Å². The maximum absolute atomic E-state index is 11.8. The molecule has 0 radical (unpaired) electrons. The molecule has 0 N–H and O–H groups in total. The summed E-state index contributed by atoms with van der Waals surface area (Å²) in [6, 6.07) is 19.2. The third kappa shape index (κ3) is 6.10. The Kier molecular flexibility index (Phi) is 9.78. The number of halogens is 1. The number of para-hydroxylation sites is 2. The van der Waals surface area contributed by atoms with E-state index in [2.05, 4.69) is 95.4 Å². The average molecular weight is 540 g/mol. The summed E-state index contributed by atoms with van der Waals surface area (Å²) in [4.78, 5) is 15.3. The first-order valence-electron chi connectivity index (χ1n) is 11.7. The molecule has 1 aromatic heterocycles. The van der Waals surface area contributed by atoms with E-state index in [0.29, 0.717) is 13.0 Å². The Morgan fingerprint density at radius 3 is 2.71 bits per heavy atom. The zero-order valence-electron chi connectivity index (χ0n) is 19.7. The van der Waals surface area contributed by atoms with Gasteiger partial charge < -0.3 is 26.6 Å². The first kappa shape index (κ1) is 26.0. The van der Waals surface area contributed by atoms with Crippen molar-refractivity contribution in [1.82, 2.24) is 0 Å². The molecule has 0 bridgehead atoms. The second-order valence-electron chi connectivity index (χ2n) is 7.98. The van der Waals surface area contributed by atoms with Crippen LogP contribution in [0.4, 0.5) is 5.69 Å². The van der Waals surface area contributed by atoms with Crippen LogP contribution in [0.1, 0.15) is 38.7 Å². The van der Waals surface area contributed by atoms with Crippen LogP contribution < -0.4 is 26.4 Å². The van der Waals surface area contributed by atoms with Gasteiger partial charge in [0.25, 0.3) is 0 Å². The number of rotatable bonds is 9. The molecule has 4 nitrogen and oxygen atoms in total. The molecule has 2 aromatic carbocycles. The lowest BCUT2D eigenvalue weighted by Crippen LogP contribution is -3.00. The van der Waals surface area contributed by atoms with Crippen LogP contribution in [-0.4, -0.2) is 19.1 Å². The number of carbonyl (C=O) groups excluding carboxylic acids is 1. The van der Waals surface area contributed by atoms with Crippen molar-refractivity contribution in [3.63, 3.8) is 0 Å². The van der Waals surface area contributed by atoms with Crippen molar-refractivity contribution in [1.29, 1.82) is 0 Å². The zero-order valence-corrected chi connectivity index (χ0v) is 22.1. The van der Waals surface area contributed by atoms with Gasteiger partial charge in [-0.05, 0) is 43.2 Å². The Morgan fingerprint density at radius 2 is 1.88 bits per heavy atom. The third-order valence-electron chi connectivity index (χ3n) is 5.64. The number of fused-ring (bicyclic) bond motifs is 2. The maximum Gasteiger partial charge on any atom is 0.305 e. The van der Waals surface area contributed by atoms with Gasteiger partial charge in [-0.1, -0.05) is 55.1 Å². The number of anilines is 1. The Labute approximate surface area is 217 Å². The van der Waals surface area contributed by atoms with Crippen LogP contribution in [0, 0.1) is 0 Å². The van der Waals surface area contributed by atoms with Gasteiger partial charge in [0.15, 0.2) is 6.20 Å². The summed E-state index contributed by atoms with van der Waals surface area (Å²) >= 11 is 1.78. The van der Waals surface area contributed by atoms with Crippen LogP contribution in [0.15, 0.2) is 82.9 Å². The standard InChI is InChI=1S/C28H31N2O2S.BrH/c1-3-19-29-21-18-22(23-12-5-6-13-24(23)29)11-9-16-27-30(20-10-17-28(31)32-4-2)25-14-7-8-15-26(25)33-27;/h5-9,11-16,18,21H,3-4,10,17,19-20H2,1-2H3;1H/q+1;/p-1. The van der Waals surface area contributed by atoms with Gasteiger partial charge in [0.1, 0.15) is 6.54 Å². The molecule has 0 spiro atoms. The van der Waals surface area contributed by atoms with Crippen molar-refractivity contribution in [2.75, 3.05) is 18.1 Å². The number of pyridine rings is 1. The lowest BCUT2D eigenvalue weighted by atomic mass is 10.1. The molecule has 34 heavy (non-hydrogen) atoms. The second-order valence-corrected chi connectivity index (χ2v) is 9.04. The van der Waals surface area contributed by atoms with E-state index >= 15 is 0 Å². The number of allylic oxidation sites excluding steroid dienone is 2. The number of nitrogens with zero attached hydrogens (tertiary/aromatic N) is 2. The Balaban J connectivity index is 0.00000324. The van der Waals surface area contributed by atoms with Gasteiger partial charge in [0, 0.05) is 36.4 Å². The molecule has 0 atom stereocenters. The Bertz CT molecular complexity index is 1190. The lowest BCUT2D eigenvalue weighted by molar-refractivity contribution is -0.671. The van der Waals surface area contributed by atoms with Crippen LogP contribution in [-0.2, 0) is 16.1 Å². The number of carbonyl (C=O) groups is 1. The highest BCUT2D eigenvalue weighted by Gasteiger charge is 2.24. The van der Waals surface area contributed by atoms with Crippen molar-refractivity contribution in [2.45, 2.75) is 44.6 Å². The first-order chi connectivity index (χ1) is 16.2. The number of ether oxygens (including phenoxy) is 1. The molecule has 6 heteroatoms. The minimum Gasteiger partial charge on any atom is -1.00 e. The molecule has 0 unspecified atom stereocenters. The van der Waals surface area contributed by atoms with Crippen LogP contribution in [0.3, 0.4) is 0 Å². The molecule has 4 rings (SSSR count). The van der Waals surface area contributed by atoms with Crippen LogP contribution in [0.5, 0.6) is 0 Å². The van der Waals surface area contributed by atoms with Gasteiger partial charge in [-0.25, -0.2) is 0 Å². The Hall–Kier alpha value is -2.57. The molecule has 178 valence electrons. The number of thioether (sulfide) groups is 1. The summed E-state index contributed by atoms with van der Waals surface area (Å²) in [6.07, 6.45) is 11.0. The van der Waals surface area contributed by atoms with Gasteiger partial charge in [-0.2, -0.15) is 4.57 Å². The van der Waals surface area contributed by atoms with Crippen molar-refractivity contribution in [3.8, 4) is 0 Å². The smallest absolute Gasteiger partial charge is 0.305 e.